The maximum Gasteiger partial charge on any atom is 0.326 e. The zero-order chi connectivity index (χ0) is 23.5. The van der Waals surface area contributed by atoms with Gasteiger partial charge in [0.1, 0.15) is 0 Å². The second-order valence-corrected chi connectivity index (χ2v) is 9.43. The molecule has 176 valence electrons. The quantitative estimate of drug-likeness (QED) is 0.439. The molecule has 0 bridgehead atoms. The maximum absolute atomic E-state index is 12.3. The standard InChI is InChI=1S/C29H34N4O/c1-22-10-8-13-25(23(22)2)28(24-11-4-3-5-12-24)32-20-18-31(19-21-32)16-9-17-33-27-15-7-6-14-26(27)30-29(33)34/h3-8,10-15,28H,9,16-21H2,1-2H3,(H,30,34). The fraction of sp³-hybridized carbons (Fsp3) is 0.345. The zero-order valence-corrected chi connectivity index (χ0v) is 20.2. The van der Waals surface area contributed by atoms with E-state index in [1.54, 1.807) is 0 Å². The van der Waals surface area contributed by atoms with Crippen LogP contribution in [0.2, 0.25) is 0 Å². The Kier molecular flexibility index (Phi) is 6.66. The zero-order valence-electron chi connectivity index (χ0n) is 20.2. The molecule has 1 fully saturated rings. The molecule has 0 amide bonds. The number of aromatic amines is 1. The largest absolute Gasteiger partial charge is 0.326 e. The van der Waals surface area contributed by atoms with E-state index >= 15 is 0 Å². The minimum Gasteiger partial charge on any atom is -0.306 e. The van der Waals surface area contributed by atoms with Crippen LogP contribution in [0.4, 0.5) is 0 Å². The molecule has 0 saturated carbocycles. The molecule has 1 aromatic heterocycles. The number of piperazine rings is 1. The average Bonchev–Trinajstić information content (AvgIpc) is 3.18. The third kappa shape index (κ3) is 4.59. The van der Waals surface area contributed by atoms with E-state index in [0.29, 0.717) is 0 Å². The Morgan fingerprint density at radius 2 is 1.56 bits per heavy atom. The Hall–Kier alpha value is -3.15. The number of benzene rings is 3. The Morgan fingerprint density at radius 1 is 0.824 bits per heavy atom. The summed E-state index contributed by atoms with van der Waals surface area (Å²) in [5, 5.41) is 0. The number of rotatable bonds is 7. The monoisotopic (exact) mass is 454 g/mol. The van der Waals surface area contributed by atoms with Crippen molar-refractivity contribution in [3.05, 3.63) is 106 Å². The van der Waals surface area contributed by atoms with Crippen molar-refractivity contribution in [3.63, 3.8) is 0 Å². The summed E-state index contributed by atoms with van der Waals surface area (Å²) in [6, 6.07) is 25.8. The number of fused-ring (bicyclic) bond motifs is 1. The van der Waals surface area contributed by atoms with E-state index in [-0.39, 0.29) is 11.7 Å². The molecule has 1 aliphatic heterocycles. The molecule has 0 aliphatic carbocycles. The van der Waals surface area contributed by atoms with Gasteiger partial charge in [0.05, 0.1) is 17.1 Å². The summed E-state index contributed by atoms with van der Waals surface area (Å²) < 4.78 is 1.87. The summed E-state index contributed by atoms with van der Waals surface area (Å²) in [4.78, 5) is 20.5. The summed E-state index contributed by atoms with van der Waals surface area (Å²) in [6.07, 6.45) is 0.973. The lowest BCUT2D eigenvalue weighted by molar-refractivity contribution is 0.107. The van der Waals surface area contributed by atoms with Gasteiger partial charge in [0, 0.05) is 32.7 Å². The van der Waals surface area contributed by atoms with Crippen LogP contribution in [0.15, 0.2) is 77.6 Å². The number of hydrogen-bond donors (Lipinski definition) is 1. The van der Waals surface area contributed by atoms with Crippen molar-refractivity contribution >= 4 is 11.0 Å². The van der Waals surface area contributed by atoms with Gasteiger partial charge in [-0.05, 0) is 61.2 Å². The van der Waals surface area contributed by atoms with Crippen LogP contribution in [-0.4, -0.2) is 52.1 Å². The highest BCUT2D eigenvalue weighted by atomic mass is 16.1. The van der Waals surface area contributed by atoms with E-state index < -0.39 is 0 Å². The van der Waals surface area contributed by atoms with Gasteiger partial charge < -0.3 is 9.88 Å². The first-order chi connectivity index (χ1) is 16.6. The van der Waals surface area contributed by atoms with Crippen molar-refractivity contribution in [1.29, 1.82) is 0 Å². The molecule has 1 saturated heterocycles. The number of nitrogens with one attached hydrogen (secondary N) is 1. The highest BCUT2D eigenvalue weighted by Crippen LogP contribution is 2.32. The molecule has 34 heavy (non-hydrogen) atoms. The number of aryl methyl sites for hydroxylation is 2. The van der Waals surface area contributed by atoms with E-state index in [9.17, 15) is 4.79 Å². The second-order valence-electron chi connectivity index (χ2n) is 9.43. The number of imidazole rings is 1. The first kappa shape index (κ1) is 22.6. The molecule has 5 rings (SSSR count). The predicted molar refractivity (Wildman–Crippen MR) is 139 cm³/mol. The fourth-order valence-electron chi connectivity index (χ4n) is 5.32. The number of aromatic nitrogens is 2. The van der Waals surface area contributed by atoms with Crippen LogP contribution in [0.25, 0.3) is 11.0 Å². The number of hydrogen-bond acceptors (Lipinski definition) is 3. The van der Waals surface area contributed by atoms with E-state index in [1.165, 1.54) is 22.3 Å². The van der Waals surface area contributed by atoms with Gasteiger partial charge in [0.25, 0.3) is 0 Å². The Balaban J connectivity index is 1.24. The third-order valence-corrected chi connectivity index (χ3v) is 7.37. The summed E-state index contributed by atoms with van der Waals surface area (Å²) in [7, 11) is 0. The van der Waals surface area contributed by atoms with Crippen LogP contribution in [0, 0.1) is 13.8 Å². The van der Waals surface area contributed by atoms with E-state index in [2.05, 4.69) is 77.2 Å². The maximum atomic E-state index is 12.3. The SMILES string of the molecule is Cc1cccc(C(c2ccccc2)N2CCN(CCCn3c(=O)[nH]c4ccccc43)CC2)c1C. The van der Waals surface area contributed by atoms with Gasteiger partial charge in [-0.15, -0.1) is 0 Å². The minimum atomic E-state index is -0.00903. The van der Waals surface area contributed by atoms with Crippen molar-refractivity contribution in [3.8, 4) is 0 Å². The highest BCUT2D eigenvalue weighted by Gasteiger charge is 2.27. The van der Waals surface area contributed by atoms with Crippen LogP contribution >= 0.6 is 0 Å². The topological polar surface area (TPSA) is 44.3 Å². The fourth-order valence-corrected chi connectivity index (χ4v) is 5.32. The molecule has 1 atom stereocenters. The molecular formula is C29H34N4O. The summed E-state index contributed by atoms with van der Waals surface area (Å²) >= 11 is 0. The van der Waals surface area contributed by atoms with Crippen LogP contribution in [0.1, 0.15) is 34.7 Å². The molecule has 4 aromatic rings. The predicted octanol–water partition coefficient (Wildman–Crippen LogP) is 4.74. The lowest BCUT2D eigenvalue weighted by Crippen LogP contribution is -2.48. The number of H-pyrrole nitrogens is 1. The first-order valence-electron chi connectivity index (χ1n) is 12.4. The Bertz CT molecular complexity index is 1300. The highest BCUT2D eigenvalue weighted by molar-refractivity contribution is 5.74. The lowest BCUT2D eigenvalue weighted by Gasteiger charge is -2.40. The van der Waals surface area contributed by atoms with Crippen LogP contribution < -0.4 is 5.69 Å². The van der Waals surface area contributed by atoms with Crippen molar-refractivity contribution in [2.24, 2.45) is 0 Å². The molecule has 5 nitrogen and oxygen atoms in total. The molecule has 2 heterocycles. The first-order valence-corrected chi connectivity index (χ1v) is 12.4. The van der Waals surface area contributed by atoms with Crippen molar-refractivity contribution in [1.82, 2.24) is 19.4 Å². The molecule has 0 spiro atoms. The molecule has 1 N–H and O–H groups in total. The number of para-hydroxylation sites is 2. The normalized spacial score (nSPS) is 16.2. The Morgan fingerprint density at radius 3 is 2.35 bits per heavy atom. The number of nitrogens with zero attached hydrogens (tertiary/aromatic N) is 3. The van der Waals surface area contributed by atoms with Gasteiger partial charge in [-0.1, -0.05) is 60.7 Å². The molecule has 1 unspecified atom stereocenters. The van der Waals surface area contributed by atoms with Crippen molar-refractivity contribution < 1.29 is 0 Å². The summed E-state index contributed by atoms with van der Waals surface area (Å²) in [6.45, 7) is 10.4. The van der Waals surface area contributed by atoms with Gasteiger partial charge in [0.2, 0.25) is 0 Å². The van der Waals surface area contributed by atoms with Crippen molar-refractivity contribution in [2.45, 2.75) is 32.9 Å². The summed E-state index contributed by atoms with van der Waals surface area (Å²) in [5.41, 5.74) is 7.43. The van der Waals surface area contributed by atoms with Crippen LogP contribution in [0.5, 0.6) is 0 Å². The van der Waals surface area contributed by atoms with E-state index in [1.807, 2.05) is 28.8 Å². The molecular weight excluding hydrogens is 420 g/mol. The molecule has 0 radical (unpaired) electrons. The second kappa shape index (κ2) is 10.00. The van der Waals surface area contributed by atoms with Gasteiger partial charge >= 0.3 is 5.69 Å². The smallest absolute Gasteiger partial charge is 0.306 e. The lowest BCUT2D eigenvalue weighted by atomic mass is 9.91. The van der Waals surface area contributed by atoms with Gasteiger partial charge in [-0.2, -0.15) is 0 Å². The van der Waals surface area contributed by atoms with E-state index in [0.717, 1.165) is 56.7 Å². The third-order valence-electron chi connectivity index (χ3n) is 7.37. The van der Waals surface area contributed by atoms with E-state index in [4.69, 9.17) is 0 Å². The molecule has 1 aliphatic rings. The van der Waals surface area contributed by atoms with Crippen LogP contribution in [0.3, 0.4) is 0 Å². The average molecular weight is 455 g/mol. The molecule has 5 heteroatoms. The van der Waals surface area contributed by atoms with Gasteiger partial charge in [0.15, 0.2) is 0 Å². The van der Waals surface area contributed by atoms with Crippen molar-refractivity contribution in [2.75, 3.05) is 32.7 Å². The van der Waals surface area contributed by atoms with Gasteiger partial charge in [-0.3, -0.25) is 9.47 Å². The van der Waals surface area contributed by atoms with Crippen LogP contribution in [-0.2, 0) is 6.54 Å². The minimum absolute atomic E-state index is 0.00903. The van der Waals surface area contributed by atoms with Gasteiger partial charge in [-0.25, -0.2) is 4.79 Å². The Labute approximate surface area is 201 Å². The molecule has 3 aromatic carbocycles. The summed E-state index contributed by atoms with van der Waals surface area (Å²) in [5.74, 6) is 0.